The Morgan fingerprint density at radius 2 is 1.80 bits per heavy atom. The molecule has 0 bridgehead atoms. The second-order valence-corrected chi connectivity index (χ2v) is 4.50. The summed E-state index contributed by atoms with van der Waals surface area (Å²) in [6.07, 6.45) is 0. The number of hydrogen-bond donors (Lipinski definition) is 2. The van der Waals surface area contributed by atoms with Crippen molar-refractivity contribution in [3.8, 4) is 5.75 Å². The number of nitrogens with zero attached hydrogens (tertiary/aromatic N) is 1. The highest BCUT2D eigenvalue weighted by Gasteiger charge is 2.27. The third-order valence-electron chi connectivity index (χ3n) is 3.13. The van der Waals surface area contributed by atoms with Crippen molar-refractivity contribution in [1.29, 1.82) is 0 Å². The molecule has 20 heavy (non-hydrogen) atoms. The molecule has 0 aromatic heterocycles. The quantitative estimate of drug-likeness (QED) is 0.831. The number of phenols is 1. The molecule has 0 aliphatic carbocycles. The van der Waals surface area contributed by atoms with Gasteiger partial charge in [-0.1, -0.05) is 12.1 Å². The number of nitrogens with one attached hydrogen (secondary N) is 1. The summed E-state index contributed by atoms with van der Waals surface area (Å²) >= 11 is 0. The predicted molar refractivity (Wildman–Crippen MR) is 74.9 cm³/mol. The van der Waals surface area contributed by atoms with E-state index in [4.69, 9.17) is 0 Å². The van der Waals surface area contributed by atoms with Crippen molar-refractivity contribution in [3.63, 3.8) is 0 Å². The van der Waals surface area contributed by atoms with Gasteiger partial charge in [0.25, 0.3) is 5.91 Å². The molecule has 100 valence electrons. The lowest BCUT2D eigenvalue weighted by molar-refractivity contribution is -0.115. The number of hydrogen-bond acceptors (Lipinski definition) is 3. The normalized spacial score (nSPS) is 13.6. The second kappa shape index (κ2) is 4.70. The number of phenolic OH excluding ortho intramolecular Hbond substituents is 1. The Balaban J connectivity index is 1.99. The van der Waals surface area contributed by atoms with Crippen LogP contribution in [0.3, 0.4) is 0 Å². The minimum Gasteiger partial charge on any atom is -0.508 e. The third-order valence-corrected chi connectivity index (χ3v) is 3.13. The molecule has 0 unspecified atom stereocenters. The number of para-hydroxylation sites is 2. The average Bonchev–Trinajstić information content (AvgIpc) is 2.46. The van der Waals surface area contributed by atoms with Gasteiger partial charge in [0.15, 0.2) is 0 Å². The lowest BCUT2D eigenvalue weighted by atomic mass is 10.1. The Morgan fingerprint density at radius 3 is 2.55 bits per heavy atom. The van der Waals surface area contributed by atoms with E-state index in [1.54, 1.807) is 18.2 Å². The van der Waals surface area contributed by atoms with Crippen molar-refractivity contribution in [2.45, 2.75) is 0 Å². The van der Waals surface area contributed by atoms with Crippen LogP contribution in [0.4, 0.5) is 11.4 Å². The topological polar surface area (TPSA) is 69.6 Å². The number of fused-ring (bicyclic) bond motifs is 1. The molecule has 0 radical (unpaired) electrons. The number of benzene rings is 2. The summed E-state index contributed by atoms with van der Waals surface area (Å²) in [5.41, 5.74) is 1.72. The van der Waals surface area contributed by atoms with Crippen LogP contribution in [0.15, 0.2) is 48.5 Å². The summed E-state index contributed by atoms with van der Waals surface area (Å²) in [6, 6.07) is 13.1. The molecule has 0 atom stereocenters. The van der Waals surface area contributed by atoms with Gasteiger partial charge in [-0.15, -0.1) is 0 Å². The summed E-state index contributed by atoms with van der Waals surface area (Å²) < 4.78 is 0. The first kappa shape index (κ1) is 12.2. The molecule has 2 aromatic carbocycles. The Morgan fingerprint density at radius 1 is 1.10 bits per heavy atom. The van der Waals surface area contributed by atoms with Crippen molar-refractivity contribution < 1.29 is 14.7 Å². The van der Waals surface area contributed by atoms with Crippen LogP contribution in [-0.2, 0) is 4.79 Å². The van der Waals surface area contributed by atoms with Crippen LogP contribution in [0.2, 0.25) is 0 Å². The number of anilines is 2. The van der Waals surface area contributed by atoms with E-state index >= 15 is 0 Å². The standard InChI is InChI=1S/C15H12N2O3/c18-11-7-5-10(6-8-11)15(20)17-9-14(19)16-12-3-1-2-4-13(12)17/h1-8,18H,9H2,(H,16,19). The van der Waals surface area contributed by atoms with Crippen LogP contribution in [0.25, 0.3) is 0 Å². The summed E-state index contributed by atoms with van der Waals surface area (Å²) in [5.74, 6) is -0.401. The van der Waals surface area contributed by atoms with Gasteiger partial charge in [-0.05, 0) is 36.4 Å². The monoisotopic (exact) mass is 268 g/mol. The molecule has 3 rings (SSSR count). The summed E-state index contributed by atoms with van der Waals surface area (Å²) in [4.78, 5) is 25.6. The maximum absolute atomic E-state index is 12.5. The zero-order valence-corrected chi connectivity index (χ0v) is 10.5. The largest absolute Gasteiger partial charge is 0.508 e. The molecule has 2 amide bonds. The average molecular weight is 268 g/mol. The van der Waals surface area contributed by atoms with Crippen molar-refractivity contribution in [2.75, 3.05) is 16.8 Å². The number of carbonyl (C=O) groups is 2. The maximum Gasteiger partial charge on any atom is 0.258 e. The second-order valence-electron chi connectivity index (χ2n) is 4.50. The van der Waals surface area contributed by atoms with E-state index in [0.717, 1.165) is 0 Å². The van der Waals surface area contributed by atoms with Crippen LogP contribution in [-0.4, -0.2) is 23.5 Å². The molecule has 1 aliphatic heterocycles. The predicted octanol–water partition coefficient (Wildman–Crippen LogP) is 1.99. The molecule has 1 heterocycles. The molecule has 2 N–H and O–H groups in total. The van der Waals surface area contributed by atoms with Gasteiger partial charge >= 0.3 is 0 Å². The minimum absolute atomic E-state index is 0.0171. The first-order valence-corrected chi connectivity index (χ1v) is 6.15. The van der Waals surface area contributed by atoms with Gasteiger partial charge in [0, 0.05) is 5.56 Å². The van der Waals surface area contributed by atoms with Crippen LogP contribution >= 0.6 is 0 Å². The number of amides is 2. The molecule has 1 aliphatic rings. The smallest absolute Gasteiger partial charge is 0.258 e. The Hall–Kier alpha value is -2.82. The minimum atomic E-state index is -0.271. The van der Waals surface area contributed by atoms with E-state index in [2.05, 4.69) is 5.32 Å². The lowest BCUT2D eigenvalue weighted by Gasteiger charge is -2.29. The van der Waals surface area contributed by atoms with Crippen molar-refractivity contribution in [1.82, 2.24) is 0 Å². The molecule has 0 spiro atoms. The van der Waals surface area contributed by atoms with Gasteiger partial charge in [-0.3, -0.25) is 14.5 Å². The van der Waals surface area contributed by atoms with Crippen molar-refractivity contribution >= 4 is 23.2 Å². The van der Waals surface area contributed by atoms with Crippen LogP contribution in [0.5, 0.6) is 5.75 Å². The van der Waals surface area contributed by atoms with E-state index in [-0.39, 0.29) is 24.1 Å². The molecule has 0 saturated carbocycles. The van der Waals surface area contributed by atoms with E-state index < -0.39 is 0 Å². The van der Waals surface area contributed by atoms with Gasteiger partial charge in [0.1, 0.15) is 12.3 Å². The van der Waals surface area contributed by atoms with E-state index in [1.165, 1.54) is 29.2 Å². The fourth-order valence-electron chi connectivity index (χ4n) is 2.17. The zero-order chi connectivity index (χ0) is 14.1. The Bertz CT molecular complexity index is 680. The molecule has 2 aromatic rings. The van der Waals surface area contributed by atoms with E-state index in [0.29, 0.717) is 16.9 Å². The van der Waals surface area contributed by atoms with Crippen LogP contribution in [0, 0.1) is 0 Å². The molecular weight excluding hydrogens is 256 g/mol. The molecule has 5 nitrogen and oxygen atoms in total. The van der Waals surface area contributed by atoms with Crippen molar-refractivity contribution in [3.05, 3.63) is 54.1 Å². The van der Waals surface area contributed by atoms with Crippen molar-refractivity contribution in [2.24, 2.45) is 0 Å². The van der Waals surface area contributed by atoms with Gasteiger partial charge in [-0.25, -0.2) is 0 Å². The highest BCUT2D eigenvalue weighted by atomic mass is 16.3. The first-order valence-electron chi connectivity index (χ1n) is 6.15. The highest BCUT2D eigenvalue weighted by Crippen LogP contribution is 2.30. The number of carbonyl (C=O) groups excluding carboxylic acids is 2. The van der Waals surface area contributed by atoms with Gasteiger partial charge in [-0.2, -0.15) is 0 Å². The van der Waals surface area contributed by atoms with Gasteiger partial charge in [0.05, 0.1) is 11.4 Å². The highest BCUT2D eigenvalue weighted by molar-refractivity contribution is 6.15. The molecular formula is C15H12N2O3. The van der Waals surface area contributed by atoms with E-state index in [9.17, 15) is 14.7 Å². The first-order chi connectivity index (χ1) is 9.65. The summed E-state index contributed by atoms with van der Waals surface area (Å²) in [7, 11) is 0. The van der Waals surface area contributed by atoms with E-state index in [1.807, 2.05) is 6.07 Å². The molecule has 0 saturated heterocycles. The van der Waals surface area contributed by atoms with Crippen LogP contribution < -0.4 is 10.2 Å². The SMILES string of the molecule is O=C1CN(C(=O)c2ccc(O)cc2)c2ccccc2N1. The number of rotatable bonds is 1. The Kier molecular flexibility index (Phi) is 2.87. The fraction of sp³-hybridized carbons (Fsp3) is 0.0667. The van der Waals surface area contributed by atoms with Crippen LogP contribution in [0.1, 0.15) is 10.4 Å². The molecule has 5 heteroatoms. The fourth-order valence-corrected chi connectivity index (χ4v) is 2.17. The lowest BCUT2D eigenvalue weighted by Crippen LogP contribution is -2.42. The Labute approximate surface area is 115 Å². The third kappa shape index (κ3) is 2.09. The summed E-state index contributed by atoms with van der Waals surface area (Å²) in [5, 5.41) is 12.0. The molecule has 0 fully saturated rings. The zero-order valence-electron chi connectivity index (χ0n) is 10.5. The maximum atomic E-state index is 12.5. The number of aromatic hydroxyl groups is 1. The summed E-state index contributed by atoms with van der Waals surface area (Å²) in [6.45, 7) is -0.0171. The van der Waals surface area contributed by atoms with Gasteiger partial charge < -0.3 is 10.4 Å². The van der Waals surface area contributed by atoms with Gasteiger partial charge in [0.2, 0.25) is 5.91 Å².